The van der Waals surface area contributed by atoms with E-state index in [1.54, 1.807) is 21.3 Å². The van der Waals surface area contributed by atoms with Crippen molar-refractivity contribution in [1.29, 1.82) is 0 Å². The molecule has 1 atom stereocenters. The van der Waals surface area contributed by atoms with Crippen LogP contribution in [-0.2, 0) is 6.42 Å². The average molecular weight is 375 g/mol. The Labute approximate surface area is 160 Å². The molecule has 1 heterocycles. The van der Waals surface area contributed by atoms with Gasteiger partial charge in [-0.25, -0.2) is 0 Å². The molecule has 0 aliphatic rings. The number of ether oxygens (including phenoxy) is 2. The van der Waals surface area contributed by atoms with Crippen molar-refractivity contribution < 1.29 is 14.0 Å². The van der Waals surface area contributed by atoms with Crippen LogP contribution in [0, 0.1) is 0 Å². The van der Waals surface area contributed by atoms with E-state index in [4.69, 9.17) is 14.0 Å². The lowest BCUT2D eigenvalue weighted by molar-refractivity contribution is 0.371. The van der Waals surface area contributed by atoms with Gasteiger partial charge in [-0.1, -0.05) is 19.0 Å². The smallest absolute Gasteiger partial charge is 0.228 e. The summed E-state index contributed by atoms with van der Waals surface area (Å²) in [6.07, 6.45) is 0.622. The van der Waals surface area contributed by atoms with Crippen LogP contribution in [0.4, 0.5) is 0 Å². The summed E-state index contributed by atoms with van der Waals surface area (Å²) in [4.78, 5) is 8.65. The number of benzene rings is 1. The highest BCUT2D eigenvalue weighted by Gasteiger charge is 2.15. The first-order chi connectivity index (χ1) is 13.0. The van der Waals surface area contributed by atoms with Crippen molar-refractivity contribution >= 4 is 5.96 Å². The number of guanidine groups is 1. The van der Waals surface area contributed by atoms with Gasteiger partial charge in [0.25, 0.3) is 0 Å². The van der Waals surface area contributed by atoms with Crippen molar-refractivity contribution in [2.24, 2.45) is 4.99 Å². The van der Waals surface area contributed by atoms with Gasteiger partial charge in [0.2, 0.25) is 5.89 Å². The molecule has 0 aliphatic heterocycles. The average Bonchev–Trinajstić information content (AvgIpc) is 3.15. The summed E-state index contributed by atoms with van der Waals surface area (Å²) in [5, 5.41) is 10.6. The molecule has 148 valence electrons. The molecule has 2 N–H and O–H groups in total. The Kier molecular flexibility index (Phi) is 7.45. The summed E-state index contributed by atoms with van der Waals surface area (Å²) < 4.78 is 16.0. The van der Waals surface area contributed by atoms with E-state index in [-0.39, 0.29) is 12.0 Å². The minimum atomic E-state index is -0.0304. The fourth-order valence-electron chi connectivity index (χ4n) is 2.55. The van der Waals surface area contributed by atoms with Crippen LogP contribution in [0.15, 0.2) is 27.7 Å². The Bertz CT molecular complexity index is 758. The van der Waals surface area contributed by atoms with Crippen molar-refractivity contribution in [3.05, 3.63) is 35.5 Å². The van der Waals surface area contributed by atoms with Crippen molar-refractivity contribution in [3.8, 4) is 11.5 Å². The number of rotatable bonds is 8. The summed E-state index contributed by atoms with van der Waals surface area (Å²) >= 11 is 0. The predicted octanol–water partition coefficient (Wildman–Crippen LogP) is 2.68. The Balaban J connectivity index is 1.94. The normalized spacial score (nSPS) is 12.8. The summed E-state index contributed by atoms with van der Waals surface area (Å²) in [7, 11) is 5.03. The van der Waals surface area contributed by atoms with Crippen LogP contribution in [0.5, 0.6) is 11.5 Å². The number of methoxy groups -OCH3 is 2. The first-order valence-electron chi connectivity index (χ1n) is 9.00. The van der Waals surface area contributed by atoms with Crippen molar-refractivity contribution in [2.75, 3.05) is 27.8 Å². The summed E-state index contributed by atoms with van der Waals surface area (Å²) in [6, 6.07) is 5.69. The maximum absolute atomic E-state index is 5.46. The first-order valence-corrected chi connectivity index (χ1v) is 9.00. The second-order valence-corrected chi connectivity index (χ2v) is 6.42. The molecule has 2 rings (SSSR count). The molecule has 0 bridgehead atoms. The molecule has 0 saturated carbocycles. The lowest BCUT2D eigenvalue weighted by Gasteiger charge is -2.20. The predicted molar refractivity (Wildman–Crippen MR) is 105 cm³/mol. The quantitative estimate of drug-likeness (QED) is 0.541. The van der Waals surface area contributed by atoms with Gasteiger partial charge in [-0.2, -0.15) is 4.98 Å². The van der Waals surface area contributed by atoms with Crippen molar-refractivity contribution in [2.45, 2.75) is 39.2 Å². The molecule has 0 radical (unpaired) electrons. The molecular weight excluding hydrogens is 346 g/mol. The van der Waals surface area contributed by atoms with Crippen molar-refractivity contribution in [1.82, 2.24) is 20.8 Å². The van der Waals surface area contributed by atoms with Gasteiger partial charge in [-0.3, -0.25) is 4.99 Å². The Morgan fingerprint density at radius 3 is 2.59 bits per heavy atom. The number of nitrogens with one attached hydrogen (secondary N) is 2. The minimum absolute atomic E-state index is 0.0304. The van der Waals surface area contributed by atoms with Gasteiger partial charge in [-0.15, -0.1) is 0 Å². The van der Waals surface area contributed by atoms with E-state index in [0.717, 1.165) is 22.9 Å². The maximum atomic E-state index is 5.46. The molecule has 2 aromatic rings. The van der Waals surface area contributed by atoms with Crippen LogP contribution in [0.25, 0.3) is 0 Å². The zero-order valence-corrected chi connectivity index (χ0v) is 16.9. The van der Waals surface area contributed by atoms with E-state index in [2.05, 4.69) is 25.8 Å². The van der Waals surface area contributed by atoms with Crippen LogP contribution < -0.4 is 20.1 Å². The van der Waals surface area contributed by atoms with Gasteiger partial charge in [-0.05, 0) is 25.1 Å². The molecule has 0 saturated heterocycles. The fourth-order valence-corrected chi connectivity index (χ4v) is 2.55. The largest absolute Gasteiger partial charge is 0.497 e. The standard InChI is InChI=1S/C19H29N5O3/c1-12(2)18-23-17(27-24-18)9-10-21-19(20-4)22-13(3)15-11-14(25-5)7-8-16(15)26-6/h7-8,11-13H,9-10H2,1-6H3,(H2,20,21,22). The minimum Gasteiger partial charge on any atom is -0.497 e. The monoisotopic (exact) mass is 375 g/mol. The van der Waals surface area contributed by atoms with Gasteiger partial charge >= 0.3 is 0 Å². The van der Waals surface area contributed by atoms with Crippen molar-refractivity contribution in [3.63, 3.8) is 0 Å². The van der Waals surface area contributed by atoms with Gasteiger partial charge < -0.3 is 24.6 Å². The molecule has 0 fully saturated rings. The first kappa shape index (κ1) is 20.5. The van der Waals surface area contributed by atoms with Crippen LogP contribution in [-0.4, -0.2) is 43.9 Å². The second-order valence-electron chi connectivity index (χ2n) is 6.42. The van der Waals surface area contributed by atoms with E-state index in [1.165, 1.54) is 0 Å². The molecule has 8 heteroatoms. The van der Waals surface area contributed by atoms with Gasteiger partial charge in [0, 0.05) is 31.5 Å². The molecular formula is C19H29N5O3. The third kappa shape index (κ3) is 5.60. The van der Waals surface area contributed by atoms with E-state index >= 15 is 0 Å². The maximum Gasteiger partial charge on any atom is 0.228 e. The van der Waals surface area contributed by atoms with Crippen LogP contribution in [0.3, 0.4) is 0 Å². The van der Waals surface area contributed by atoms with Gasteiger partial charge in [0.15, 0.2) is 11.8 Å². The fraction of sp³-hybridized carbons (Fsp3) is 0.526. The Hall–Kier alpha value is -2.77. The van der Waals surface area contributed by atoms with E-state index in [9.17, 15) is 0 Å². The number of nitrogens with zero attached hydrogens (tertiary/aromatic N) is 3. The second kappa shape index (κ2) is 9.80. The summed E-state index contributed by atoms with van der Waals surface area (Å²) in [5.74, 6) is 3.84. The number of hydrogen-bond donors (Lipinski definition) is 2. The molecule has 0 amide bonds. The van der Waals surface area contributed by atoms with Crippen LogP contribution in [0.2, 0.25) is 0 Å². The van der Waals surface area contributed by atoms with Gasteiger partial charge in [0.05, 0.1) is 20.3 Å². The highest BCUT2D eigenvalue weighted by molar-refractivity contribution is 5.80. The molecule has 1 aromatic carbocycles. The van der Waals surface area contributed by atoms with E-state index < -0.39 is 0 Å². The molecule has 27 heavy (non-hydrogen) atoms. The van der Waals surface area contributed by atoms with Crippen LogP contribution in [0.1, 0.15) is 50.0 Å². The zero-order valence-electron chi connectivity index (χ0n) is 16.9. The number of hydrogen-bond acceptors (Lipinski definition) is 6. The third-order valence-corrected chi connectivity index (χ3v) is 4.11. The number of aromatic nitrogens is 2. The molecule has 0 spiro atoms. The Morgan fingerprint density at radius 1 is 1.22 bits per heavy atom. The number of aliphatic imine (C=N–C) groups is 1. The van der Waals surface area contributed by atoms with E-state index in [1.807, 2.05) is 39.0 Å². The lowest BCUT2D eigenvalue weighted by atomic mass is 10.1. The Morgan fingerprint density at radius 2 is 2.00 bits per heavy atom. The van der Waals surface area contributed by atoms with Gasteiger partial charge in [0.1, 0.15) is 11.5 Å². The van der Waals surface area contributed by atoms with Crippen LogP contribution >= 0.6 is 0 Å². The summed E-state index contributed by atoms with van der Waals surface area (Å²) in [6.45, 7) is 6.73. The molecule has 0 aliphatic carbocycles. The third-order valence-electron chi connectivity index (χ3n) is 4.11. The topological polar surface area (TPSA) is 93.8 Å². The highest BCUT2D eigenvalue weighted by atomic mass is 16.5. The molecule has 8 nitrogen and oxygen atoms in total. The molecule has 1 aromatic heterocycles. The SMILES string of the molecule is CN=C(NCCc1nc(C(C)C)no1)NC(C)c1cc(OC)ccc1OC. The van der Waals surface area contributed by atoms with E-state index in [0.29, 0.717) is 24.8 Å². The lowest BCUT2D eigenvalue weighted by Crippen LogP contribution is -2.39. The molecule has 1 unspecified atom stereocenters. The summed E-state index contributed by atoms with van der Waals surface area (Å²) in [5.41, 5.74) is 0.985. The highest BCUT2D eigenvalue weighted by Crippen LogP contribution is 2.29. The zero-order chi connectivity index (χ0) is 19.8.